The molecule has 114 valence electrons. The van der Waals surface area contributed by atoms with Crippen molar-refractivity contribution in [1.29, 1.82) is 0 Å². The number of amides is 1. The second-order valence-electron chi connectivity index (χ2n) is 6.51. The monoisotopic (exact) mass is 286 g/mol. The van der Waals surface area contributed by atoms with Gasteiger partial charge in [0, 0.05) is 6.54 Å². The molecule has 3 heteroatoms. The Bertz CT molecular complexity index is 467. The van der Waals surface area contributed by atoms with Crippen molar-refractivity contribution in [2.45, 2.75) is 57.7 Å². The van der Waals surface area contributed by atoms with E-state index >= 15 is 0 Å². The molecule has 1 N–H and O–H groups in total. The summed E-state index contributed by atoms with van der Waals surface area (Å²) >= 11 is 0. The molecule has 2 unspecified atom stereocenters. The third kappa shape index (κ3) is 3.29. The predicted octanol–water partition coefficient (Wildman–Crippen LogP) is 3.48. The summed E-state index contributed by atoms with van der Waals surface area (Å²) in [5.41, 5.74) is 1.08. The fourth-order valence-electron chi connectivity index (χ4n) is 3.74. The molecule has 21 heavy (non-hydrogen) atoms. The second kappa shape index (κ2) is 6.61. The van der Waals surface area contributed by atoms with Crippen LogP contribution in [0.2, 0.25) is 0 Å². The third-order valence-corrected chi connectivity index (χ3v) is 5.04. The Morgan fingerprint density at radius 2 is 1.86 bits per heavy atom. The molecule has 1 aromatic rings. The number of carbonyl (C=O) groups excluding carboxylic acids is 1. The molecular weight excluding hydrogens is 260 g/mol. The van der Waals surface area contributed by atoms with Crippen LogP contribution >= 0.6 is 0 Å². The smallest absolute Gasteiger partial charge is 0.245 e. The lowest BCUT2D eigenvalue weighted by Gasteiger charge is -2.26. The molecule has 1 saturated carbocycles. The van der Waals surface area contributed by atoms with Gasteiger partial charge in [0.15, 0.2) is 0 Å². The largest absolute Gasteiger partial charge is 0.326 e. The minimum absolute atomic E-state index is 0.145. The number of hydrogen-bond acceptors (Lipinski definition) is 2. The van der Waals surface area contributed by atoms with Crippen molar-refractivity contribution >= 4 is 5.91 Å². The second-order valence-corrected chi connectivity index (χ2v) is 6.51. The summed E-state index contributed by atoms with van der Waals surface area (Å²) in [4.78, 5) is 14.7. The maximum atomic E-state index is 12.7. The molecule has 1 aliphatic heterocycles. The fourth-order valence-corrected chi connectivity index (χ4v) is 3.74. The molecule has 0 aromatic heterocycles. The van der Waals surface area contributed by atoms with Crippen molar-refractivity contribution in [1.82, 2.24) is 10.2 Å². The van der Waals surface area contributed by atoms with Gasteiger partial charge in [-0.2, -0.15) is 0 Å². The summed E-state index contributed by atoms with van der Waals surface area (Å²) in [5, 5.41) is 3.43. The number of nitrogens with zero attached hydrogens (tertiary/aromatic N) is 1. The summed E-state index contributed by atoms with van der Waals surface area (Å²) < 4.78 is 0. The first-order chi connectivity index (χ1) is 10.3. The molecule has 1 amide bonds. The van der Waals surface area contributed by atoms with Gasteiger partial charge in [0.05, 0.1) is 6.17 Å². The van der Waals surface area contributed by atoms with E-state index in [0.717, 1.165) is 18.0 Å². The fraction of sp³-hybridized carbons (Fsp3) is 0.611. The highest BCUT2D eigenvalue weighted by molar-refractivity contribution is 5.85. The average Bonchev–Trinajstić information content (AvgIpc) is 2.82. The molecule has 1 aromatic carbocycles. The van der Waals surface area contributed by atoms with Crippen LogP contribution in [-0.4, -0.2) is 23.5 Å². The van der Waals surface area contributed by atoms with Crippen LogP contribution in [0.15, 0.2) is 30.3 Å². The normalized spacial score (nSPS) is 27.3. The molecule has 0 spiro atoms. The maximum absolute atomic E-state index is 12.7. The van der Waals surface area contributed by atoms with Gasteiger partial charge < -0.3 is 4.90 Å². The molecule has 0 bridgehead atoms. The van der Waals surface area contributed by atoms with Crippen molar-refractivity contribution in [2.75, 3.05) is 6.54 Å². The molecule has 1 saturated heterocycles. The van der Waals surface area contributed by atoms with Crippen molar-refractivity contribution in [3.63, 3.8) is 0 Å². The zero-order valence-corrected chi connectivity index (χ0v) is 12.9. The van der Waals surface area contributed by atoms with E-state index in [2.05, 4.69) is 12.2 Å². The number of benzene rings is 1. The molecule has 3 rings (SSSR count). The van der Waals surface area contributed by atoms with Crippen LogP contribution in [0.5, 0.6) is 0 Å². The zero-order chi connectivity index (χ0) is 14.7. The Morgan fingerprint density at radius 3 is 2.57 bits per heavy atom. The Morgan fingerprint density at radius 1 is 1.14 bits per heavy atom. The zero-order valence-electron chi connectivity index (χ0n) is 12.9. The van der Waals surface area contributed by atoms with Crippen LogP contribution in [0, 0.1) is 5.92 Å². The Kier molecular flexibility index (Phi) is 4.59. The predicted molar refractivity (Wildman–Crippen MR) is 84.7 cm³/mol. The van der Waals surface area contributed by atoms with Gasteiger partial charge in [-0.05, 0) is 24.8 Å². The van der Waals surface area contributed by atoms with Crippen molar-refractivity contribution < 1.29 is 4.79 Å². The Hall–Kier alpha value is -1.35. The topological polar surface area (TPSA) is 32.3 Å². The van der Waals surface area contributed by atoms with Gasteiger partial charge in [-0.15, -0.1) is 0 Å². The number of rotatable bonds is 4. The summed E-state index contributed by atoms with van der Waals surface area (Å²) in [6, 6.07) is 9.90. The van der Waals surface area contributed by atoms with E-state index in [9.17, 15) is 4.79 Å². The van der Waals surface area contributed by atoms with Crippen LogP contribution in [0.25, 0.3) is 0 Å². The number of hydrogen-bond donors (Lipinski definition) is 1. The number of carbonyl (C=O) groups is 1. The van der Waals surface area contributed by atoms with Gasteiger partial charge >= 0.3 is 0 Å². The maximum Gasteiger partial charge on any atom is 0.245 e. The van der Waals surface area contributed by atoms with Gasteiger partial charge in [0.25, 0.3) is 0 Å². The Balaban J connectivity index is 1.60. The van der Waals surface area contributed by atoms with Gasteiger partial charge in [-0.1, -0.05) is 62.4 Å². The highest BCUT2D eigenvalue weighted by atomic mass is 16.2. The molecule has 2 fully saturated rings. The number of nitrogens with one attached hydrogen (secondary N) is 1. The minimum Gasteiger partial charge on any atom is -0.326 e. The van der Waals surface area contributed by atoms with Crippen LogP contribution in [-0.2, 0) is 4.79 Å². The van der Waals surface area contributed by atoms with E-state index in [1.165, 1.54) is 38.5 Å². The van der Waals surface area contributed by atoms with Crippen molar-refractivity contribution in [3.8, 4) is 0 Å². The molecule has 1 heterocycles. The van der Waals surface area contributed by atoms with E-state index in [1.807, 2.05) is 35.2 Å². The standard InChI is InChI=1S/C18H26N2O/c1-14-19-17(16-10-6-3-7-11-16)18(21)20(14)13-12-15-8-4-2-5-9-15/h3,6-7,10-11,14-15,17,19H,2,4-5,8-9,12-13H2,1H3. The molecule has 2 aliphatic rings. The summed E-state index contributed by atoms with van der Waals surface area (Å²) in [6.07, 6.45) is 8.16. The van der Waals surface area contributed by atoms with Gasteiger partial charge in [-0.3, -0.25) is 10.1 Å². The van der Waals surface area contributed by atoms with Gasteiger partial charge in [0.1, 0.15) is 6.04 Å². The Labute approximate surface area is 127 Å². The van der Waals surface area contributed by atoms with E-state index < -0.39 is 0 Å². The SMILES string of the molecule is CC1NC(c2ccccc2)C(=O)N1CCC1CCCCC1. The van der Waals surface area contributed by atoms with E-state index in [4.69, 9.17) is 0 Å². The molecule has 0 radical (unpaired) electrons. The van der Waals surface area contributed by atoms with Crippen molar-refractivity contribution in [3.05, 3.63) is 35.9 Å². The first kappa shape index (κ1) is 14.6. The summed E-state index contributed by atoms with van der Waals surface area (Å²) in [5.74, 6) is 1.07. The van der Waals surface area contributed by atoms with E-state index in [0.29, 0.717) is 0 Å². The van der Waals surface area contributed by atoms with Crippen molar-refractivity contribution in [2.24, 2.45) is 5.92 Å². The highest BCUT2D eigenvalue weighted by Crippen LogP contribution is 2.29. The van der Waals surface area contributed by atoms with Crippen LogP contribution in [0.1, 0.15) is 57.1 Å². The molecule has 3 nitrogen and oxygen atoms in total. The summed E-state index contributed by atoms with van der Waals surface area (Å²) in [6.45, 7) is 3.00. The quantitative estimate of drug-likeness (QED) is 0.919. The minimum atomic E-state index is -0.160. The lowest BCUT2D eigenvalue weighted by molar-refractivity contribution is -0.130. The lowest BCUT2D eigenvalue weighted by atomic mass is 9.87. The van der Waals surface area contributed by atoms with Crippen LogP contribution in [0.3, 0.4) is 0 Å². The lowest BCUT2D eigenvalue weighted by Crippen LogP contribution is -2.36. The summed E-state index contributed by atoms with van der Waals surface area (Å²) in [7, 11) is 0. The van der Waals surface area contributed by atoms with Crippen LogP contribution in [0.4, 0.5) is 0 Å². The third-order valence-electron chi connectivity index (χ3n) is 5.04. The first-order valence-corrected chi connectivity index (χ1v) is 8.37. The van der Waals surface area contributed by atoms with Gasteiger partial charge in [0.2, 0.25) is 5.91 Å². The first-order valence-electron chi connectivity index (χ1n) is 8.37. The van der Waals surface area contributed by atoms with E-state index in [-0.39, 0.29) is 18.1 Å². The molecular formula is C18H26N2O. The highest BCUT2D eigenvalue weighted by Gasteiger charge is 2.37. The molecule has 2 atom stereocenters. The van der Waals surface area contributed by atoms with Gasteiger partial charge in [-0.25, -0.2) is 0 Å². The van der Waals surface area contributed by atoms with E-state index in [1.54, 1.807) is 0 Å². The van der Waals surface area contributed by atoms with Crippen LogP contribution < -0.4 is 5.32 Å². The average molecular weight is 286 g/mol. The molecule has 1 aliphatic carbocycles.